The fourth-order valence-electron chi connectivity index (χ4n) is 2.47. The van der Waals surface area contributed by atoms with E-state index in [4.69, 9.17) is 0 Å². The molecule has 0 aliphatic carbocycles. The minimum absolute atomic E-state index is 0.854. The summed E-state index contributed by atoms with van der Waals surface area (Å²) in [7, 11) is 0. The Morgan fingerprint density at radius 3 is 1.77 bits per heavy atom. The van der Waals surface area contributed by atoms with Crippen LogP contribution in [0.2, 0.25) is 0 Å². The molecule has 3 rings (SSSR count). The first-order chi connectivity index (χ1) is 10.8. The normalized spacial score (nSPS) is 10.5. The molecule has 0 bridgehead atoms. The van der Waals surface area contributed by atoms with Gasteiger partial charge in [-0.2, -0.15) is 0 Å². The maximum absolute atomic E-state index is 3.76. The van der Waals surface area contributed by atoms with Gasteiger partial charge in [-0.15, -0.1) is 0 Å². The number of hydrogen-bond acceptors (Lipinski definition) is 0. The van der Waals surface area contributed by atoms with Gasteiger partial charge in [-0.05, 0) is 17.2 Å². The van der Waals surface area contributed by atoms with E-state index in [1.165, 1.54) is 11.1 Å². The predicted molar refractivity (Wildman–Crippen MR) is 86.7 cm³/mol. The summed E-state index contributed by atoms with van der Waals surface area (Å²) in [5.41, 5.74) is 2.57. The third-order valence-corrected chi connectivity index (χ3v) is 3.57. The zero-order valence-corrected chi connectivity index (χ0v) is 12.5. The highest BCUT2D eigenvalue weighted by atomic mass is 15.1. The van der Waals surface area contributed by atoms with E-state index in [1.807, 2.05) is 46.6 Å². The van der Waals surface area contributed by atoms with E-state index in [0.717, 1.165) is 13.1 Å². The van der Waals surface area contributed by atoms with Crippen molar-refractivity contribution >= 4 is 12.4 Å². The first-order valence-electron chi connectivity index (χ1n) is 7.23. The Balaban J connectivity index is 1.74. The van der Waals surface area contributed by atoms with Gasteiger partial charge < -0.3 is 0 Å². The Kier molecular flexibility index (Phi) is 4.01. The summed E-state index contributed by atoms with van der Waals surface area (Å²) in [6.45, 7) is 9.23. The summed E-state index contributed by atoms with van der Waals surface area (Å²) >= 11 is 0. The Bertz CT molecular complexity index is 731. The van der Waals surface area contributed by atoms with Gasteiger partial charge in [0.2, 0.25) is 12.7 Å². The van der Waals surface area contributed by atoms with Crippen LogP contribution < -0.4 is 9.13 Å². The molecule has 110 valence electrons. The molecule has 0 aliphatic rings. The second-order valence-corrected chi connectivity index (χ2v) is 5.25. The summed E-state index contributed by atoms with van der Waals surface area (Å²) in [4.78, 5) is 0. The standard InChI is InChI=1S/C18H20N4/c1-3-19-8-10-21(15-19)13-17-6-5-7-18(12-17)14-22-11-9-20(4-2)16-22/h3-12,15-16H,1-2,13-14H2/q+2. The van der Waals surface area contributed by atoms with Crippen LogP contribution >= 0.6 is 0 Å². The van der Waals surface area contributed by atoms with Crippen molar-refractivity contribution in [1.82, 2.24) is 9.13 Å². The molecule has 4 nitrogen and oxygen atoms in total. The lowest BCUT2D eigenvalue weighted by Gasteiger charge is -2.02. The van der Waals surface area contributed by atoms with Gasteiger partial charge in [0.15, 0.2) is 0 Å². The molecule has 3 aromatic rings. The molecule has 0 radical (unpaired) electrons. The number of hydrogen-bond donors (Lipinski definition) is 0. The van der Waals surface area contributed by atoms with Gasteiger partial charge in [0.25, 0.3) is 0 Å². The van der Waals surface area contributed by atoms with E-state index >= 15 is 0 Å². The van der Waals surface area contributed by atoms with Crippen LogP contribution in [0.1, 0.15) is 11.1 Å². The van der Waals surface area contributed by atoms with Gasteiger partial charge in [-0.3, -0.25) is 0 Å². The first-order valence-corrected chi connectivity index (χ1v) is 7.23. The lowest BCUT2D eigenvalue weighted by Crippen LogP contribution is -2.32. The molecule has 0 saturated heterocycles. The van der Waals surface area contributed by atoms with Crippen molar-refractivity contribution in [2.24, 2.45) is 0 Å². The minimum atomic E-state index is 0.854. The van der Waals surface area contributed by atoms with Crippen molar-refractivity contribution in [2.45, 2.75) is 13.1 Å². The molecule has 0 N–H and O–H groups in total. The fraction of sp³-hybridized carbons (Fsp3) is 0.111. The molecule has 0 aliphatic heterocycles. The van der Waals surface area contributed by atoms with Crippen LogP contribution in [0.3, 0.4) is 0 Å². The largest absolute Gasteiger partial charge is 0.248 e. The molecule has 0 amide bonds. The molecule has 2 heterocycles. The van der Waals surface area contributed by atoms with Crippen LogP contribution in [0.4, 0.5) is 0 Å². The van der Waals surface area contributed by atoms with Gasteiger partial charge in [-0.25, -0.2) is 18.3 Å². The van der Waals surface area contributed by atoms with Gasteiger partial charge in [0, 0.05) is 0 Å². The van der Waals surface area contributed by atoms with Crippen molar-refractivity contribution in [3.8, 4) is 0 Å². The van der Waals surface area contributed by atoms with E-state index in [0.29, 0.717) is 0 Å². The molecule has 0 fully saturated rings. The van der Waals surface area contributed by atoms with Crippen molar-refractivity contribution in [2.75, 3.05) is 0 Å². The van der Waals surface area contributed by atoms with E-state index in [9.17, 15) is 0 Å². The van der Waals surface area contributed by atoms with Crippen molar-refractivity contribution < 1.29 is 9.13 Å². The number of imidazole rings is 2. The first kappa shape index (κ1) is 14.1. The topological polar surface area (TPSA) is 17.6 Å². The lowest BCUT2D eigenvalue weighted by molar-refractivity contribution is -0.688. The fourth-order valence-corrected chi connectivity index (χ4v) is 2.47. The van der Waals surface area contributed by atoms with E-state index in [2.05, 4.69) is 46.6 Å². The zero-order valence-electron chi connectivity index (χ0n) is 12.5. The summed E-state index contributed by atoms with van der Waals surface area (Å²) < 4.78 is 8.17. The van der Waals surface area contributed by atoms with Gasteiger partial charge in [0.1, 0.15) is 37.9 Å². The Hall–Kier alpha value is -2.88. The maximum atomic E-state index is 3.76. The van der Waals surface area contributed by atoms with E-state index < -0.39 is 0 Å². The van der Waals surface area contributed by atoms with Crippen LogP contribution in [0.15, 0.2) is 74.9 Å². The van der Waals surface area contributed by atoms with E-state index in [1.54, 1.807) is 12.4 Å². The average Bonchev–Trinajstić information content (AvgIpc) is 3.16. The van der Waals surface area contributed by atoms with Crippen LogP contribution in [0.25, 0.3) is 12.4 Å². The molecule has 22 heavy (non-hydrogen) atoms. The third kappa shape index (κ3) is 3.23. The number of aromatic nitrogens is 4. The minimum Gasteiger partial charge on any atom is -0.232 e. The highest BCUT2D eigenvalue weighted by Gasteiger charge is 2.06. The van der Waals surface area contributed by atoms with Crippen LogP contribution in [0.5, 0.6) is 0 Å². The SMILES string of the molecule is C=Cn1cc[n+](Cc2cccc(C[n+]3ccn(C=C)c3)c2)c1. The van der Waals surface area contributed by atoms with Crippen molar-refractivity contribution in [3.63, 3.8) is 0 Å². The molecule has 0 unspecified atom stereocenters. The molecule has 0 spiro atoms. The Morgan fingerprint density at radius 1 is 0.864 bits per heavy atom. The van der Waals surface area contributed by atoms with Gasteiger partial charge in [-0.1, -0.05) is 31.4 Å². The lowest BCUT2D eigenvalue weighted by atomic mass is 10.1. The number of benzene rings is 1. The molecular formula is C18H20N4+2. The highest BCUT2D eigenvalue weighted by Crippen LogP contribution is 2.05. The Morgan fingerprint density at radius 2 is 1.36 bits per heavy atom. The predicted octanol–water partition coefficient (Wildman–Crippen LogP) is 2.16. The summed E-state index contributed by atoms with van der Waals surface area (Å²) in [5, 5.41) is 0. The van der Waals surface area contributed by atoms with Crippen LogP contribution in [-0.4, -0.2) is 9.13 Å². The summed E-state index contributed by atoms with van der Waals surface area (Å²) in [6, 6.07) is 8.67. The second-order valence-electron chi connectivity index (χ2n) is 5.25. The highest BCUT2D eigenvalue weighted by molar-refractivity contribution is 5.22. The zero-order chi connectivity index (χ0) is 15.4. The molecule has 0 saturated carbocycles. The van der Waals surface area contributed by atoms with Crippen LogP contribution in [0, 0.1) is 0 Å². The van der Waals surface area contributed by atoms with Gasteiger partial charge >= 0.3 is 0 Å². The van der Waals surface area contributed by atoms with E-state index in [-0.39, 0.29) is 0 Å². The molecule has 2 aromatic heterocycles. The monoisotopic (exact) mass is 292 g/mol. The van der Waals surface area contributed by atoms with Crippen molar-refractivity contribution in [1.29, 1.82) is 0 Å². The number of nitrogens with zero attached hydrogens (tertiary/aromatic N) is 4. The number of rotatable bonds is 6. The molecule has 1 aromatic carbocycles. The molecule has 4 heteroatoms. The third-order valence-electron chi connectivity index (χ3n) is 3.57. The molecule has 0 atom stereocenters. The maximum Gasteiger partial charge on any atom is 0.248 e. The average molecular weight is 292 g/mol. The summed E-state index contributed by atoms with van der Waals surface area (Å²) in [5.74, 6) is 0. The quantitative estimate of drug-likeness (QED) is 0.620. The smallest absolute Gasteiger partial charge is 0.232 e. The summed E-state index contributed by atoms with van der Waals surface area (Å²) in [6.07, 6.45) is 15.7. The second kappa shape index (κ2) is 6.26. The van der Waals surface area contributed by atoms with Crippen LogP contribution in [-0.2, 0) is 13.1 Å². The van der Waals surface area contributed by atoms with Crippen molar-refractivity contribution in [3.05, 3.63) is 86.0 Å². The Labute approximate surface area is 130 Å². The van der Waals surface area contributed by atoms with Gasteiger partial charge in [0.05, 0.1) is 12.4 Å². The molecular weight excluding hydrogens is 272 g/mol.